The van der Waals surface area contributed by atoms with Crippen LogP contribution in [0.5, 0.6) is 5.75 Å². The lowest BCUT2D eigenvalue weighted by atomic mass is 9.88. The Bertz CT molecular complexity index is 1860. The van der Waals surface area contributed by atoms with Gasteiger partial charge in [0, 0.05) is 57.2 Å². The number of aromatic nitrogens is 3. The number of carboxylic acids is 1. The van der Waals surface area contributed by atoms with Crippen LogP contribution in [0.2, 0.25) is 0 Å². The number of thioether (sulfide) groups is 1. The van der Waals surface area contributed by atoms with Crippen LogP contribution in [-0.2, 0) is 23.9 Å². The number of benzene rings is 2. The zero-order chi connectivity index (χ0) is 34.1. The van der Waals surface area contributed by atoms with Gasteiger partial charge in [0.05, 0.1) is 22.4 Å². The minimum Gasteiger partial charge on any atom is -0.484 e. The van der Waals surface area contributed by atoms with Crippen LogP contribution in [0.15, 0.2) is 90.1 Å². The first kappa shape index (κ1) is 34.0. The van der Waals surface area contributed by atoms with Crippen LogP contribution in [0.25, 0.3) is 22.2 Å². The molecule has 246 valence electrons. The van der Waals surface area contributed by atoms with Gasteiger partial charge in [0.1, 0.15) is 11.9 Å². The van der Waals surface area contributed by atoms with Crippen molar-refractivity contribution in [1.82, 2.24) is 14.5 Å². The van der Waals surface area contributed by atoms with Crippen LogP contribution in [0.1, 0.15) is 70.2 Å². The van der Waals surface area contributed by atoms with E-state index in [1.54, 1.807) is 31.8 Å². The first-order valence-corrected chi connectivity index (χ1v) is 16.1. The molecule has 0 aliphatic heterocycles. The van der Waals surface area contributed by atoms with E-state index >= 15 is 0 Å². The number of halogens is 3. The minimum absolute atomic E-state index is 0.171. The number of aliphatic carboxylic acids is 1. The van der Waals surface area contributed by atoms with E-state index in [0.29, 0.717) is 30.0 Å². The summed E-state index contributed by atoms with van der Waals surface area (Å²) < 4.78 is 47.4. The summed E-state index contributed by atoms with van der Waals surface area (Å²) in [5.41, 5.74) is 2.92. The summed E-state index contributed by atoms with van der Waals surface area (Å²) >= 11 is 1.70. The average molecular weight is 662 g/mol. The highest BCUT2D eigenvalue weighted by Gasteiger charge is 2.33. The lowest BCUT2D eigenvalue weighted by molar-refractivity contribution is -0.147. The van der Waals surface area contributed by atoms with Crippen molar-refractivity contribution in [1.29, 1.82) is 0 Å². The van der Waals surface area contributed by atoms with E-state index in [9.17, 15) is 23.1 Å². The smallest absolute Gasteiger partial charge is 0.417 e. The Morgan fingerprint density at radius 2 is 1.68 bits per heavy atom. The molecule has 0 fully saturated rings. The molecule has 0 spiro atoms. The first-order chi connectivity index (χ1) is 22.0. The third-order valence-corrected chi connectivity index (χ3v) is 9.06. The number of carboxylic acid groups (broad SMARTS) is 1. The summed E-state index contributed by atoms with van der Waals surface area (Å²) in [7, 11) is 0. The Morgan fingerprint density at radius 3 is 2.26 bits per heavy atom. The number of carbonyl (C=O) groups is 1. The van der Waals surface area contributed by atoms with E-state index in [2.05, 4.69) is 35.3 Å². The fraction of sp³-hybridized carbons (Fsp3) is 0.324. The summed E-state index contributed by atoms with van der Waals surface area (Å²) in [5.74, 6) is -0.205. The fourth-order valence-electron chi connectivity index (χ4n) is 5.28. The highest BCUT2D eigenvalue weighted by molar-refractivity contribution is 8.00. The molecule has 0 aliphatic carbocycles. The summed E-state index contributed by atoms with van der Waals surface area (Å²) in [4.78, 5) is 21.8. The van der Waals surface area contributed by atoms with Gasteiger partial charge in [-0.1, -0.05) is 51.1 Å². The van der Waals surface area contributed by atoms with Gasteiger partial charge in [-0.15, -0.1) is 11.8 Å². The monoisotopic (exact) mass is 661 g/mol. The third kappa shape index (κ3) is 7.99. The van der Waals surface area contributed by atoms with Crippen molar-refractivity contribution in [3.8, 4) is 17.0 Å². The van der Waals surface area contributed by atoms with E-state index < -0.39 is 23.1 Å². The van der Waals surface area contributed by atoms with Crippen LogP contribution < -0.4 is 4.74 Å². The van der Waals surface area contributed by atoms with Gasteiger partial charge >= 0.3 is 12.1 Å². The Balaban J connectivity index is 1.57. The molecular formula is C37H38F3N3O3S. The Labute approximate surface area is 277 Å². The summed E-state index contributed by atoms with van der Waals surface area (Å²) in [6, 6.07) is 21.6. The number of pyridine rings is 2. The molecule has 0 amide bonds. The van der Waals surface area contributed by atoms with Gasteiger partial charge in [-0.25, -0.2) is 0 Å². The molecule has 1 atom stereocenters. The normalized spacial score (nSPS) is 13.1. The zero-order valence-corrected chi connectivity index (χ0v) is 28.0. The van der Waals surface area contributed by atoms with Gasteiger partial charge in [0.2, 0.25) is 0 Å². The van der Waals surface area contributed by atoms with Crippen molar-refractivity contribution in [2.24, 2.45) is 5.41 Å². The molecule has 5 rings (SSSR count). The number of nitrogens with zero attached hydrogens (tertiary/aromatic N) is 3. The molecule has 6 nitrogen and oxygen atoms in total. The molecule has 10 heteroatoms. The van der Waals surface area contributed by atoms with Gasteiger partial charge in [-0.05, 0) is 68.8 Å². The Hall–Kier alpha value is -4.31. The molecule has 0 unspecified atom stereocenters. The second kappa shape index (κ2) is 13.1. The van der Waals surface area contributed by atoms with E-state index in [4.69, 9.17) is 4.74 Å². The molecule has 0 radical (unpaired) electrons. The molecule has 0 saturated heterocycles. The molecule has 3 aromatic heterocycles. The number of hydrogen-bond donors (Lipinski definition) is 1. The fourth-order valence-corrected chi connectivity index (χ4v) is 6.46. The van der Waals surface area contributed by atoms with E-state index in [-0.39, 0.29) is 10.9 Å². The molecule has 0 aliphatic rings. The first-order valence-electron chi connectivity index (χ1n) is 15.3. The van der Waals surface area contributed by atoms with Gasteiger partial charge in [-0.3, -0.25) is 14.8 Å². The zero-order valence-electron chi connectivity index (χ0n) is 27.2. The van der Waals surface area contributed by atoms with Crippen LogP contribution in [0, 0.1) is 5.41 Å². The number of hydrogen-bond acceptors (Lipinski definition) is 5. The molecule has 3 heterocycles. The molecule has 1 N–H and O–H groups in total. The molecule has 2 aromatic carbocycles. The Kier molecular flexibility index (Phi) is 9.46. The van der Waals surface area contributed by atoms with Crippen molar-refractivity contribution in [2.75, 3.05) is 0 Å². The standard InChI is InChI=1S/C37H38F3N3O3S/c1-23(29-9-7-8-18-41-29)46-27-15-17-31-28(19-27)33(47-35(2,3)4)32(20-36(5,6)34(44)45)43(31)22-24-10-12-25(13-11-24)30-16-14-26(21-42-30)37(38,39)40/h7-19,21,23H,20,22H2,1-6H3,(H,44,45)/t23-/m0/s1. The van der Waals surface area contributed by atoms with Gasteiger partial charge in [-0.2, -0.15) is 13.2 Å². The topological polar surface area (TPSA) is 77.2 Å². The summed E-state index contributed by atoms with van der Waals surface area (Å²) in [5, 5.41) is 11.1. The molecule has 0 bridgehead atoms. The molecule has 47 heavy (non-hydrogen) atoms. The third-order valence-electron chi connectivity index (χ3n) is 7.79. The van der Waals surface area contributed by atoms with Gasteiger partial charge in [0.25, 0.3) is 0 Å². The second-order valence-corrected chi connectivity index (χ2v) is 15.1. The van der Waals surface area contributed by atoms with Crippen LogP contribution in [0.3, 0.4) is 0 Å². The van der Waals surface area contributed by atoms with E-state index in [1.807, 2.05) is 67.6 Å². The molecule has 5 aromatic rings. The van der Waals surface area contributed by atoms with E-state index in [0.717, 1.165) is 45.0 Å². The highest BCUT2D eigenvalue weighted by Crippen LogP contribution is 2.44. The molecule has 0 saturated carbocycles. The van der Waals surface area contributed by atoms with Crippen LogP contribution >= 0.6 is 11.8 Å². The number of rotatable bonds is 10. The predicted molar refractivity (Wildman–Crippen MR) is 180 cm³/mol. The maximum absolute atomic E-state index is 13.0. The highest BCUT2D eigenvalue weighted by atomic mass is 32.2. The second-order valence-electron chi connectivity index (χ2n) is 13.3. The van der Waals surface area contributed by atoms with Gasteiger partial charge < -0.3 is 14.4 Å². The van der Waals surface area contributed by atoms with Gasteiger partial charge in [0.15, 0.2) is 0 Å². The van der Waals surface area contributed by atoms with E-state index in [1.165, 1.54) is 6.07 Å². The maximum atomic E-state index is 13.0. The predicted octanol–water partition coefficient (Wildman–Crippen LogP) is 9.85. The lowest BCUT2D eigenvalue weighted by Gasteiger charge is -2.24. The summed E-state index contributed by atoms with van der Waals surface area (Å²) in [6.45, 7) is 12.3. The molecular weight excluding hydrogens is 623 g/mol. The van der Waals surface area contributed by atoms with Crippen molar-refractivity contribution in [2.45, 2.75) is 76.4 Å². The maximum Gasteiger partial charge on any atom is 0.417 e. The Morgan fingerprint density at radius 1 is 0.957 bits per heavy atom. The van der Waals surface area contributed by atoms with Crippen molar-refractivity contribution >= 4 is 28.6 Å². The largest absolute Gasteiger partial charge is 0.484 e. The number of alkyl halides is 3. The van der Waals surface area contributed by atoms with Crippen LogP contribution in [0.4, 0.5) is 13.2 Å². The quantitative estimate of drug-likeness (QED) is 0.150. The van der Waals surface area contributed by atoms with Crippen molar-refractivity contribution < 1.29 is 27.8 Å². The van der Waals surface area contributed by atoms with Crippen molar-refractivity contribution in [3.05, 3.63) is 108 Å². The van der Waals surface area contributed by atoms with Crippen LogP contribution in [-0.4, -0.2) is 30.4 Å². The average Bonchev–Trinajstić information content (AvgIpc) is 3.26. The number of ether oxygens (including phenoxy) is 1. The minimum atomic E-state index is -4.45. The number of fused-ring (bicyclic) bond motifs is 1. The SMILES string of the molecule is C[C@H](Oc1ccc2c(c1)c(SC(C)(C)C)c(CC(C)(C)C(=O)O)n2Cc1ccc(-c2ccc(C(F)(F)F)cn2)cc1)c1ccccn1. The van der Waals surface area contributed by atoms with Crippen molar-refractivity contribution in [3.63, 3.8) is 0 Å². The lowest BCUT2D eigenvalue weighted by Crippen LogP contribution is -2.28. The summed E-state index contributed by atoms with van der Waals surface area (Å²) in [6.07, 6.45) is -1.85.